The van der Waals surface area contributed by atoms with Gasteiger partial charge in [-0.3, -0.25) is 4.79 Å². The monoisotopic (exact) mass is 412 g/mol. The van der Waals surface area contributed by atoms with Crippen LogP contribution in [0.15, 0.2) is 42.5 Å². The summed E-state index contributed by atoms with van der Waals surface area (Å²) in [5.74, 6) is 0.108. The van der Waals surface area contributed by atoms with Crippen LogP contribution in [0.25, 0.3) is 0 Å². The molecule has 0 bridgehead atoms. The molecule has 3 rings (SSSR count). The van der Waals surface area contributed by atoms with Crippen LogP contribution in [0, 0.1) is 17.2 Å². The van der Waals surface area contributed by atoms with Gasteiger partial charge in [-0.2, -0.15) is 5.26 Å². The van der Waals surface area contributed by atoms with Crippen molar-refractivity contribution in [1.29, 1.82) is 5.26 Å². The van der Waals surface area contributed by atoms with Crippen LogP contribution in [-0.4, -0.2) is 23.7 Å². The fourth-order valence-corrected chi connectivity index (χ4v) is 4.23. The summed E-state index contributed by atoms with van der Waals surface area (Å²) in [7, 11) is 1.59. The van der Waals surface area contributed by atoms with E-state index in [0.29, 0.717) is 17.0 Å². The van der Waals surface area contributed by atoms with Crippen LogP contribution in [0.1, 0.15) is 43.2 Å². The number of nitrogens with zero attached hydrogens (tertiary/aromatic N) is 1. The number of ether oxygens (including phenoxy) is 1. The Labute approximate surface area is 176 Å². The maximum atomic E-state index is 13.3. The topological polar surface area (TPSA) is 82.3 Å². The van der Waals surface area contributed by atoms with Gasteiger partial charge in [0.25, 0.3) is 5.91 Å². The number of halogens is 1. The highest BCUT2D eigenvalue weighted by Gasteiger charge is 2.44. The molecule has 1 aliphatic rings. The summed E-state index contributed by atoms with van der Waals surface area (Å²) in [5, 5.41) is 23.7. The Kier molecular flexibility index (Phi) is 6.79. The summed E-state index contributed by atoms with van der Waals surface area (Å²) >= 11 is 6.09. The van der Waals surface area contributed by atoms with E-state index in [1.165, 1.54) is 6.07 Å². The van der Waals surface area contributed by atoms with Gasteiger partial charge in [0.15, 0.2) is 0 Å². The molecular weight excluding hydrogens is 388 g/mol. The number of rotatable bonds is 6. The van der Waals surface area contributed by atoms with Gasteiger partial charge >= 0.3 is 0 Å². The maximum absolute atomic E-state index is 13.3. The first kappa shape index (κ1) is 21.2. The van der Waals surface area contributed by atoms with Gasteiger partial charge in [-0.15, -0.1) is 0 Å². The van der Waals surface area contributed by atoms with Crippen molar-refractivity contribution >= 4 is 23.2 Å². The van der Waals surface area contributed by atoms with Gasteiger partial charge in [-0.05, 0) is 54.7 Å². The minimum Gasteiger partial charge on any atom is -0.497 e. The summed E-state index contributed by atoms with van der Waals surface area (Å²) in [5.41, 5.74) is 0.0839. The van der Waals surface area contributed by atoms with Crippen LogP contribution in [0.4, 0.5) is 5.69 Å². The fraction of sp³-hybridized carbons (Fsp3) is 0.391. The number of nitriles is 1. The Morgan fingerprint density at radius 1 is 1.28 bits per heavy atom. The molecule has 0 radical (unpaired) electrons. The predicted octanol–water partition coefficient (Wildman–Crippen LogP) is 4.71. The van der Waals surface area contributed by atoms with Gasteiger partial charge in [-0.1, -0.05) is 43.0 Å². The number of carbonyl (C=O) groups is 1. The number of hydrogen-bond donors (Lipinski definition) is 2. The molecule has 2 aromatic carbocycles. The van der Waals surface area contributed by atoms with Gasteiger partial charge in [-0.25, -0.2) is 0 Å². The number of hydrogen-bond acceptors (Lipinski definition) is 4. The van der Waals surface area contributed by atoms with E-state index in [4.69, 9.17) is 21.6 Å². The first-order valence-corrected chi connectivity index (χ1v) is 10.2. The van der Waals surface area contributed by atoms with Gasteiger partial charge in [0.2, 0.25) is 0 Å². The van der Waals surface area contributed by atoms with Gasteiger partial charge in [0, 0.05) is 12.1 Å². The molecule has 5 nitrogen and oxygen atoms in total. The Morgan fingerprint density at radius 2 is 2.03 bits per heavy atom. The zero-order valence-electron chi connectivity index (χ0n) is 16.5. The maximum Gasteiger partial charge on any atom is 0.256 e. The lowest BCUT2D eigenvalue weighted by molar-refractivity contribution is -0.141. The summed E-state index contributed by atoms with van der Waals surface area (Å²) in [4.78, 5) is 13.3. The van der Waals surface area contributed by atoms with Crippen molar-refractivity contribution in [3.05, 3.63) is 58.6 Å². The quantitative estimate of drug-likeness (QED) is 0.719. The average molecular weight is 413 g/mol. The summed E-state index contributed by atoms with van der Waals surface area (Å²) in [6, 6.07) is 14.1. The number of aliphatic hydroxyl groups is 1. The largest absolute Gasteiger partial charge is 0.497 e. The van der Waals surface area contributed by atoms with Crippen molar-refractivity contribution in [2.24, 2.45) is 5.92 Å². The highest BCUT2D eigenvalue weighted by Crippen LogP contribution is 2.36. The van der Waals surface area contributed by atoms with Crippen LogP contribution >= 0.6 is 11.6 Å². The molecule has 1 saturated carbocycles. The summed E-state index contributed by atoms with van der Waals surface area (Å²) in [6.45, 7) is 0. The smallest absolute Gasteiger partial charge is 0.256 e. The van der Waals surface area contributed by atoms with Gasteiger partial charge < -0.3 is 15.2 Å². The lowest BCUT2D eigenvalue weighted by Gasteiger charge is -2.37. The molecule has 1 fully saturated rings. The highest BCUT2D eigenvalue weighted by atomic mass is 35.5. The number of amides is 1. The molecule has 152 valence electrons. The van der Waals surface area contributed by atoms with E-state index in [-0.39, 0.29) is 17.4 Å². The molecule has 1 unspecified atom stereocenters. The molecule has 0 heterocycles. The molecule has 0 saturated heterocycles. The van der Waals surface area contributed by atoms with Crippen LogP contribution < -0.4 is 10.1 Å². The Morgan fingerprint density at radius 3 is 2.69 bits per heavy atom. The van der Waals surface area contributed by atoms with Gasteiger partial charge in [0.1, 0.15) is 17.4 Å². The normalized spacial score (nSPS) is 16.5. The molecule has 1 amide bonds. The number of nitrogens with one attached hydrogen (secondary N) is 1. The summed E-state index contributed by atoms with van der Waals surface area (Å²) in [6.07, 6.45) is 4.94. The van der Waals surface area contributed by atoms with E-state index in [9.17, 15) is 9.90 Å². The van der Waals surface area contributed by atoms with E-state index < -0.39 is 11.5 Å². The average Bonchev–Trinajstić information content (AvgIpc) is 2.74. The third-order valence-corrected chi connectivity index (χ3v) is 5.94. The molecule has 0 aromatic heterocycles. The van der Waals surface area contributed by atoms with Crippen molar-refractivity contribution in [3.63, 3.8) is 0 Å². The predicted molar refractivity (Wildman–Crippen MR) is 113 cm³/mol. The SMILES string of the molecule is COc1cccc(CC(O)(C(=O)Nc2ccc(C#N)c(Cl)c2)C2CCCCC2)c1. The van der Waals surface area contributed by atoms with Crippen LogP contribution in [-0.2, 0) is 11.2 Å². The van der Waals surface area contributed by atoms with E-state index in [2.05, 4.69) is 5.32 Å². The van der Waals surface area contributed by atoms with E-state index in [0.717, 1.165) is 37.7 Å². The molecule has 0 aliphatic heterocycles. The highest BCUT2D eigenvalue weighted by molar-refractivity contribution is 6.32. The first-order chi connectivity index (χ1) is 14.0. The van der Waals surface area contributed by atoms with E-state index >= 15 is 0 Å². The minimum atomic E-state index is -1.55. The standard InChI is InChI=1S/C23H25ClN2O3/c1-29-20-9-5-6-16(12-20)14-23(28,18-7-3-2-4-8-18)22(27)26-19-11-10-17(15-25)21(24)13-19/h5-6,9-13,18,28H,2-4,7-8,14H2,1H3,(H,26,27). The molecule has 1 atom stereocenters. The number of anilines is 1. The van der Waals surface area contributed by atoms with E-state index in [1.807, 2.05) is 30.3 Å². The number of carbonyl (C=O) groups excluding carboxylic acids is 1. The lowest BCUT2D eigenvalue weighted by Crippen LogP contribution is -2.51. The third kappa shape index (κ3) is 4.90. The van der Waals surface area contributed by atoms with Crippen LogP contribution in [0.5, 0.6) is 5.75 Å². The molecule has 2 N–H and O–H groups in total. The molecule has 1 aliphatic carbocycles. The van der Waals surface area contributed by atoms with Crippen molar-refractivity contribution in [2.75, 3.05) is 12.4 Å². The zero-order chi connectivity index (χ0) is 20.9. The van der Waals surface area contributed by atoms with Crippen molar-refractivity contribution < 1.29 is 14.6 Å². The summed E-state index contributed by atoms with van der Waals surface area (Å²) < 4.78 is 5.28. The van der Waals surface area contributed by atoms with Crippen molar-refractivity contribution in [2.45, 2.75) is 44.1 Å². The fourth-order valence-electron chi connectivity index (χ4n) is 4.01. The Bertz CT molecular complexity index is 919. The van der Waals surface area contributed by atoms with Gasteiger partial charge in [0.05, 0.1) is 17.7 Å². The molecule has 2 aromatic rings. The molecule has 0 spiro atoms. The first-order valence-electron chi connectivity index (χ1n) is 9.82. The molecule has 6 heteroatoms. The van der Waals surface area contributed by atoms with Crippen molar-refractivity contribution in [3.8, 4) is 11.8 Å². The van der Waals surface area contributed by atoms with E-state index in [1.54, 1.807) is 19.2 Å². The lowest BCUT2D eigenvalue weighted by atomic mass is 9.73. The van der Waals surface area contributed by atoms with Crippen LogP contribution in [0.2, 0.25) is 5.02 Å². The second-order valence-corrected chi connectivity index (χ2v) is 7.96. The van der Waals surface area contributed by atoms with Crippen molar-refractivity contribution in [1.82, 2.24) is 0 Å². The van der Waals surface area contributed by atoms with Crippen LogP contribution in [0.3, 0.4) is 0 Å². The number of methoxy groups -OCH3 is 1. The Hall–Kier alpha value is -2.55. The second-order valence-electron chi connectivity index (χ2n) is 7.55. The molecular formula is C23H25ClN2O3. The number of benzene rings is 2. The molecule has 29 heavy (non-hydrogen) atoms. The zero-order valence-corrected chi connectivity index (χ0v) is 17.2. The minimum absolute atomic E-state index is 0.128. The second kappa shape index (κ2) is 9.30. The Balaban J connectivity index is 1.88. The third-order valence-electron chi connectivity index (χ3n) is 5.63.